The van der Waals surface area contributed by atoms with Crippen molar-refractivity contribution in [1.29, 1.82) is 0 Å². The standard InChI is InChI=1S/C27H32N2O5/c1-3-16(2)24(26(31)32)29-25(30)17-12-13-18(14-17)28-27(33)34-15-23-21-10-6-4-8-19(21)20-9-5-7-11-22(20)23/h4-11,16-18,23-24H,3,12-15H2,1-2H3,(H,28,33)(H,29,30)(H,31,32)/t16?,17-,18+,24+/m1/s1. The normalized spacial score (nSPS) is 20.6. The summed E-state index contributed by atoms with van der Waals surface area (Å²) in [5.41, 5.74) is 4.66. The minimum Gasteiger partial charge on any atom is -0.480 e. The zero-order chi connectivity index (χ0) is 24.2. The summed E-state index contributed by atoms with van der Waals surface area (Å²) in [6.07, 6.45) is 1.91. The molecule has 1 fully saturated rings. The maximum Gasteiger partial charge on any atom is 0.407 e. The van der Waals surface area contributed by atoms with Crippen molar-refractivity contribution in [3.63, 3.8) is 0 Å². The van der Waals surface area contributed by atoms with Crippen molar-refractivity contribution >= 4 is 18.0 Å². The Balaban J connectivity index is 1.29. The Hall–Kier alpha value is -3.35. The van der Waals surface area contributed by atoms with Gasteiger partial charge in [-0.2, -0.15) is 0 Å². The summed E-state index contributed by atoms with van der Waals surface area (Å²) in [4.78, 5) is 36.7. The second-order valence-corrected chi connectivity index (χ2v) is 9.39. The first kappa shape index (κ1) is 23.8. The van der Waals surface area contributed by atoms with Gasteiger partial charge in [-0.05, 0) is 47.4 Å². The molecule has 2 aromatic rings. The van der Waals surface area contributed by atoms with E-state index < -0.39 is 18.1 Å². The Labute approximate surface area is 199 Å². The van der Waals surface area contributed by atoms with Gasteiger partial charge in [0.1, 0.15) is 12.6 Å². The predicted molar refractivity (Wildman–Crippen MR) is 128 cm³/mol. The van der Waals surface area contributed by atoms with Crippen LogP contribution in [0.4, 0.5) is 4.79 Å². The van der Waals surface area contributed by atoms with Crippen molar-refractivity contribution in [2.45, 2.75) is 57.5 Å². The van der Waals surface area contributed by atoms with E-state index in [0.29, 0.717) is 25.7 Å². The minimum atomic E-state index is -1.02. The Kier molecular flexibility index (Phi) is 7.20. The maximum atomic E-state index is 12.6. The van der Waals surface area contributed by atoms with E-state index in [1.54, 1.807) is 0 Å². The third-order valence-electron chi connectivity index (χ3n) is 7.25. The topological polar surface area (TPSA) is 105 Å². The van der Waals surface area contributed by atoms with Crippen LogP contribution in [0.3, 0.4) is 0 Å². The molecule has 7 nitrogen and oxygen atoms in total. The number of carboxylic acid groups (broad SMARTS) is 1. The Morgan fingerprint density at radius 2 is 1.65 bits per heavy atom. The molecule has 4 rings (SSSR count). The fourth-order valence-electron chi connectivity index (χ4n) is 5.11. The molecule has 0 bridgehead atoms. The van der Waals surface area contributed by atoms with Gasteiger partial charge in [0.15, 0.2) is 0 Å². The average molecular weight is 465 g/mol. The largest absolute Gasteiger partial charge is 0.480 e. The smallest absolute Gasteiger partial charge is 0.407 e. The van der Waals surface area contributed by atoms with E-state index >= 15 is 0 Å². The third kappa shape index (κ3) is 4.93. The van der Waals surface area contributed by atoms with E-state index in [2.05, 4.69) is 34.9 Å². The highest BCUT2D eigenvalue weighted by Gasteiger charge is 2.35. The number of ether oxygens (including phenoxy) is 1. The molecule has 1 saturated carbocycles. The van der Waals surface area contributed by atoms with E-state index in [-0.39, 0.29) is 36.3 Å². The van der Waals surface area contributed by atoms with Crippen LogP contribution in [0.5, 0.6) is 0 Å². The first-order chi connectivity index (χ1) is 16.4. The van der Waals surface area contributed by atoms with Crippen LogP contribution in [0.2, 0.25) is 0 Å². The molecule has 2 aliphatic rings. The van der Waals surface area contributed by atoms with Gasteiger partial charge in [0.2, 0.25) is 5.91 Å². The summed E-state index contributed by atoms with van der Waals surface area (Å²) in [6.45, 7) is 3.96. The Morgan fingerprint density at radius 3 is 2.24 bits per heavy atom. The van der Waals surface area contributed by atoms with Gasteiger partial charge < -0.3 is 20.5 Å². The molecule has 1 unspecified atom stereocenters. The van der Waals surface area contributed by atoms with Crippen LogP contribution in [0.1, 0.15) is 56.6 Å². The molecule has 2 amide bonds. The van der Waals surface area contributed by atoms with E-state index in [1.165, 1.54) is 11.1 Å². The summed E-state index contributed by atoms with van der Waals surface area (Å²) in [5, 5.41) is 15.0. The molecular formula is C27H32N2O5. The SMILES string of the molecule is CCC(C)[C@H](NC(=O)[C@@H]1CC[C@H](NC(=O)OCC2c3ccccc3-c3ccccc32)C1)C(=O)O. The van der Waals surface area contributed by atoms with Gasteiger partial charge in [-0.15, -0.1) is 0 Å². The van der Waals surface area contributed by atoms with Gasteiger partial charge in [0, 0.05) is 17.9 Å². The number of hydrogen-bond acceptors (Lipinski definition) is 4. The fourth-order valence-corrected chi connectivity index (χ4v) is 5.11. The molecule has 0 heterocycles. The molecule has 180 valence electrons. The van der Waals surface area contributed by atoms with Gasteiger partial charge in [-0.1, -0.05) is 68.8 Å². The van der Waals surface area contributed by atoms with E-state index in [0.717, 1.165) is 11.1 Å². The molecule has 0 saturated heterocycles. The van der Waals surface area contributed by atoms with Crippen molar-refractivity contribution < 1.29 is 24.2 Å². The fraction of sp³-hybridized carbons (Fsp3) is 0.444. The minimum absolute atomic E-state index is 0.00578. The zero-order valence-electron chi connectivity index (χ0n) is 19.6. The van der Waals surface area contributed by atoms with Gasteiger partial charge in [-0.25, -0.2) is 9.59 Å². The van der Waals surface area contributed by atoms with Crippen LogP contribution in [0.25, 0.3) is 11.1 Å². The van der Waals surface area contributed by atoms with E-state index in [4.69, 9.17) is 4.74 Å². The van der Waals surface area contributed by atoms with E-state index in [1.807, 2.05) is 38.1 Å². The number of aliphatic carboxylic acids is 1. The first-order valence-electron chi connectivity index (χ1n) is 12.0. The number of carbonyl (C=O) groups is 3. The predicted octanol–water partition coefficient (Wildman–Crippen LogP) is 4.31. The van der Waals surface area contributed by atoms with Crippen LogP contribution in [0, 0.1) is 11.8 Å². The summed E-state index contributed by atoms with van der Waals surface area (Å²) >= 11 is 0. The van der Waals surface area contributed by atoms with Crippen LogP contribution in [-0.2, 0) is 14.3 Å². The second kappa shape index (κ2) is 10.3. The van der Waals surface area contributed by atoms with Crippen LogP contribution >= 0.6 is 0 Å². The molecule has 0 spiro atoms. The Morgan fingerprint density at radius 1 is 1.03 bits per heavy atom. The van der Waals surface area contributed by atoms with Gasteiger partial charge in [0.25, 0.3) is 0 Å². The van der Waals surface area contributed by atoms with Crippen LogP contribution in [0.15, 0.2) is 48.5 Å². The van der Waals surface area contributed by atoms with Gasteiger partial charge in [-0.3, -0.25) is 4.79 Å². The van der Waals surface area contributed by atoms with Crippen molar-refractivity contribution in [1.82, 2.24) is 10.6 Å². The molecule has 0 radical (unpaired) electrons. The molecule has 7 heteroatoms. The molecule has 4 atom stereocenters. The molecular weight excluding hydrogens is 432 g/mol. The Bertz CT molecular complexity index is 1020. The van der Waals surface area contributed by atoms with Crippen LogP contribution in [-0.4, -0.2) is 41.8 Å². The third-order valence-corrected chi connectivity index (χ3v) is 7.25. The summed E-state index contributed by atoms with van der Waals surface area (Å²) in [5.74, 6) is -1.75. The zero-order valence-corrected chi connectivity index (χ0v) is 19.6. The van der Waals surface area contributed by atoms with Crippen molar-refractivity contribution in [2.75, 3.05) is 6.61 Å². The summed E-state index contributed by atoms with van der Waals surface area (Å²) in [7, 11) is 0. The van der Waals surface area contributed by atoms with Crippen LogP contribution < -0.4 is 10.6 Å². The monoisotopic (exact) mass is 464 g/mol. The average Bonchev–Trinajstić information content (AvgIpc) is 3.43. The molecule has 0 aliphatic heterocycles. The number of carboxylic acids is 1. The highest BCUT2D eigenvalue weighted by Crippen LogP contribution is 2.44. The molecule has 2 aliphatic carbocycles. The molecule has 2 aromatic carbocycles. The lowest BCUT2D eigenvalue weighted by Gasteiger charge is -2.22. The number of amides is 2. The lowest BCUT2D eigenvalue weighted by Crippen LogP contribution is -2.47. The molecule has 3 N–H and O–H groups in total. The molecule has 0 aromatic heterocycles. The number of nitrogens with one attached hydrogen (secondary N) is 2. The van der Waals surface area contributed by atoms with Gasteiger partial charge in [0.05, 0.1) is 0 Å². The lowest BCUT2D eigenvalue weighted by atomic mass is 9.98. The summed E-state index contributed by atoms with van der Waals surface area (Å²) < 4.78 is 5.61. The number of benzene rings is 2. The number of alkyl carbamates (subject to hydrolysis) is 1. The number of rotatable bonds is 8. The summed E-state index contributed by atoms with van der Waals surface area (Å²) in [6, 6.07) is 15.3. The van der Waals surface area contributed by atoms with Crippen molar-refractivity contribution in [3.8, 4) is 11.1 Å². The molecule has 34 heavy (non-hydrogen) atoms. The first-order valence-corrected chi connectivity index (χ1v) is 12.0. The number of fused-ring (bicyclic) bond motifs is 3. The van der Waals surface area contributed by atoms with Crippen molar-refractivity contribution in [2.24, 2.45) is 11.8 Å². The van der Waals surface area contributed by atoms with Crippen molar-refractivity contribution in [3.05, 3.63) is 59.7 Å². The highest BCUT2D eigenvalue weighted by molar-refractivity contribution is 5.85. The number of hydrogen-bond donors (Lipinski definition) is 3. The van der Waals surface area contributed by atoms with Gasteiger partial charge >= 0.3 is 12.1 Å². The maximum absolute atomic E-state index is 12.6. The number of carbonyl (C=O) groups excluding carboxylic acids is 2. The van der Waals surface area contributed by atoms with E-state index in [9.17, 15) is 19.5 Å². The second-order valence-electron chi connectivity index (χ2n) is 9.39. The lowest BCUT2D eigenvalue weighted by molar-refractivity contribution is -0.144. The quantitative estimate of drug-likeness (QED) is 0.540. The highest BCUT2D eigenvalue weighted by atomic mass is 16.5.